The zero-order chi connectivity index (χ0) is 15.4. The average molecular weight is 310 g/mol. The SMILES string of the molecule is Cn1cnnc1CNC(=O)Nc1cc(Cl)cc(C(=O)O)c1. The van der Waals surface area contributed by atoms with Crippen molar-refractivity contribution in [3.63, 3.8) is 0 Å². The van der Waals surface area contributed by atoms with E-state index in [-0.39, 0.29) is 22.8 Å². The summed E-state index contributed by atoms with van der Waals surface area (Å²) >= 11 is 5.80. The molecule has 0 aliphatic carbocycles. The molecule has 0 spiro atoms. The lowest BCUT2D eigenvalue weighted by Crippen LogP contribution is -2.29. The molecule has 9 heteroatoms. The summed E-state index contributed by atoms with van der Waals surface area (Å²) in [6, 6.07) is 3.56. The van der Waals surface area contributed by atoms with Gasteiger partial charge >= 0.3 is 12.0 Å². The van der Waals surface area contributed by atoms with Crippen LogP contribution in [0.5, 0.6) is 0 Å². The number of rotatable bonds is 4. The van der Waals surface area contributed by atoms with E-state index in [1.807, 2.05) is 0 Å². The number of aromatic nitrogens is 3. The van der Waals surface area contributed by atoms with Crippen LogP contribution in [0.2, 0.25) is 5.02 Å². The molecule has 0 radical (unpaired) electrons. The van der Waals surface area contributed by atoms with Gasteiger partial charge in [0.15, 0.2) is 5.82 Å². The van der Waals surface area contributed by atoms with Crippen molar-refractivity contribution in [2.45, 2.75) is 6.54 Å². The summed E-state index contributed by atoms with van der Waals surface area (Å²) < 4.78 is 1.67. The van der Waals surface area contributed by atoms with Gasteiger partial charge in [-0.15, -0.1) is 10.2 Å². The maximum Gasteiger partial charge on any atom is 0.335 e. The highest BCUT2D eigenvalue weighted by Gasteiger charge is 2.09. The molecule has 1 aromatic carbocycles. The summed E-state index contributed by atoms with van der Waals surface area (Å²) in [5.41, 5.74) is 0.279. The van der Waals surface area contributed by atoms with E-state index in [1.165, 1.54) is 24.5 Å². The fraction of sp³-hybridized carbons (Fsp3) is 0.167. The van der Waals surface area contributed by atoms with Crippen molar-refractivity contribution in [2.75, 3.05) is 5.32 Å². The van der Waals surface area contributed by atoms with Crippen LogP contribution in [0.3, 0.4) is 0 Å². The summed E-state index contributed by atoms with van der Waals surface area (Å²) in [6.45, 7) is 0.189. The number of carbonyl (C=O) groups excluding carboxylic acids is 1. The predicted octanol–water partition coefficient (Wildman–Crippen LogP) is 1.49. The second-order valence-electron chi connectivity index (χ2n) is 4.20. The quantitative estimate of drug-likeness (QED) is 0.792. The Labute approximate surface area is 124 Å². The lowest BCUT2D eigenvalue weighted by molar-refractivity contribution is 0.0697. The normalized spacial score (nSPS) is 10.2. The van der Waals surface area contributed by atoms with Crippen molar-refractivity contribution in [1.29, 1.82) is 0 Å². The Bertz CT molecular complexity index is 685. The lowest BCUT2D eigenvalue weighted by Gasteiger charge is -2.08. The molecule has 0 aliphatic rings. The fourth-order valence-corrected chi connectivity index (χ4v) is 1.82. The van der Waals surface area contributed by atoms with Gasteiger partial charge in [0.2, 0.25) is 0 Å². The lowest BCUT2D eigenvalue weighted by atomic mass is 10.2. The Morgan fingerprint density at radius 3 is 2.76 bits per heavy atom. The van der Waals surface area contributed by atoms with Gasteiger partial charge in [-0.25, -0.2) is 9.59 Å². The number of aromatic carboxylic acids is 1. The average Bonchev–Trinajstić information content (AvgIpc) is 2.81. The van der Waals surface area contributed by atoms with Crippen LogP contribution in [0, 0.1) is 0 Å². The van der Waals surface area contributed by atoms with Gasteiger partial charge in [-0.2, -0.15) is 0 Å². The van der Waals surface area contributed by atoms with Crippen LogP contribution >= 0.6 is 11.6 Å². The van der Waals surface area contributed by atoms with Crippen molar-refractivity contribution >= 4 is 29.3 Å². The van der Waals surface area contributed by atoms with Gasteiger partial charge in [0.25, 0.3) is 0 Å². The topological polar surface area (TPSA) is 109 Å². The summed E-state index contributed by atoms with van der Waals surface area (Å²) in [5, 5.41) is 21.7. The molecular weight excluding hydrogens is 298 g/mol. The molecule has 2 rings (SSSR count). The van der Waals surface area contributed by atoms with Gasteiger partial charge in [-0.1, -0.05) is 11.6 Å². The summed E-state index contributed by atoms with van der Waals surface area (Å²) in [6.07, 6.45) is 1.52. The first kappa shape index (κ1) is 14.8. The number of carboxylic acids is 1. The molecule has 1 aromatic heterocycles. The highest BCUT2D eigenvalue weighted by Crippen LogP contribution is 2.19. The molecule has 0 bridgehead atoms. The highest BCUT2D eigenvalue weighted by atomic mass is 35.5. The van der Waals surface area contributed by atoms with E-state index < -0.39 is 12.0 Å². The zero-order valence-electron chi connectivity index (χ0n) is 11.0. The van der Waals surface area contributed by atoms with E-state index in [9.17, 15) is 9.59 Å². The Morgan fingerprint density at radius 1 is 1.38 bits per heavy atom. The third-order valence-electron chi connectivity index (χ3n) is 2.61. The maximum atomic E-state index is 11.7. The number of hydrogen-bond donors (Lipinski definition) is 3. The molecule has 1 heterocycles. The summed E-state index contributed by atoms with van der Waals surface area (Å²) in [5.74, 6) is -0.539. The molecule has 0 unspecified atom stereocenters. The van der Waals surface area contributed by atoms with Crippen LogP contribution in [-0.4, -0.2) is 31.9 Å². The Morgan fingerprint density at radius 2 is 2.14 bits per heavy atom. The zero-order valence-corrected chi connectivity index (χ0v) is 11.8. The van der Waals surface area contributed by atoms with Crippen molar-refractivity contribution in [3.05, 3.63) is 40.9 Å². The van der Waals surface area contributed by atoms with Crippen LogP contribution in [0.1, 0.15) is 16.2 Å². The smallest absolute Gasteiger partial charge is 0.335 e. The number of carbonyl (C=O) groups is 2. The van der Waals surface area contributed by atoms with Crippen LogP contribution in [0.15, 0.2) is 24.5 Å². The van der Waals surface area contributed by atoms with E-state index in [1.54, 1.807) is 11.6 Å². The molecular formula is C12H12ClN5O3. The van der Waals surface area contributed by atoms with Crippen LogP contribution in [0.4, 0.5) is 10.5 Å². The number of hydrogen-bond acceptors (Lipinski definition) is 4. The molecule has 21 heavy (non-hydrogen) atoms. The fourth-order valence-electron chi connectivity index (χ4n) is 1.59. The monoisotopic (exact) mass is 309 g/mol. The van der Waals surface area contributed by atoms with Gasteiger partial charge < -0.3 is 20.3 Å². The first-order valence-corrected chi connectivity index (χ1v) is 6.25. The molecule has 8 nitrogen and oxygen atoms in total. The second-order valence-corrected chi connectivity index (χ2v) is 4.64. The Balaban J connectivity index is 1.99. The molecule has 0 atom stereocenters. The molecule has 2 aromatic rings. The molecule has 2 amide bonds. The number of anilines is 1. The highest BCUT2D eigenvalue weighted by molar-refractivity contribution is 6.31. The van der Waals surface area contributed by atoms with Crippen molar-refractivity contribution in [1.82, 2.24) is 20.1 Å². The van der Waals surface area contributed by atoms with Gasteiger partial charge in [0.1, 0.15) is 6.33 Å². The number of aryl methyl sites for hydroxylation is 1. The number of halogens is 1. The third-order valence-corrected chi connectivity index (χ3v) is 2.83. The van der Waals surface area contributed by atoms with E-state index in [4.69, 9.17) is 16.7 Å². The first-order valence-electron chi connectivity index (χ1n) is 5.87. The van der Waals surface area contributed by atoms with E-state index >= 15 is 0 Å². The Hall–Kier alpha value is -2.61. The van der Waals surface area contributed by atoms with E-state index in [2.05, 4.69) is 20.8 Å². The van der Waals surface area contributed by atoms with E-state index in [0.29, 0.717) is 5.82 Å². The second kappa shape index (κ2) is 6.23. The molecule has 0 aliphatic heterocycles. The van der Waals surface area contributed by atoms with E-state index in [0.717, 1.165) is 0 Å². The molecule has 110 valence electrons. The minimum absolute atomic E-state index is 0.00824. The summed E-state index contributed by atoms with van der Waals surface area (Å²) in [4.78, 5) is 22.6. The van der Waals surface area contributed by atoms with Crippen LogP contribution in [0.25, 0.3) is 0 Å². The standard InChI is InChI=1S/C12H12ClN5O3/c1-18-6-15-17-10(18)5-14-12(21)16-9-3-7(11(19)20)2-8(13)4-9/h2-4,6H,5H2,1H3,(H,19,20)(H2,14,16,21). The number of amides is 2. The van der Waals surface area contributed by atoms with Crippen molar-refractivity contribution in [3.8, 4) is 0 Å². The first-order chi connectivity index (χ1) is 9.95. The number of benzene rings is 1. The Kier molecular flexibility index (Phi) is 4.39. The molecule has 3 N–H and O–H groups in total. The number of carboxylic acid groups (broad SMARTS) is 1. The predicted molar refractivity (Wildman–Crippen MR) is 75.3 cm³/mol. The third kappa shape index (κ3) is 3.93. The van der Waals surface area contributed by atoms with Gasteiger partial charge in [0.05, 0.1) is 12.1 Å². The van der Waals surface area contributed by atoms with Crippen molar-refractivity contribution in [2.24, 2.45) is 7.05 Å². The molecule has 0 fully saturated rings. The molecule has 0 saturated carbocycles. The largest absolute Gasteiger partial charge is 0.478 e. The molecule has 0 saturated heterocycles. The van der Waals surface area contributed by atoms with Gasteiger partial charge in [-0.05, 0) is 18.2 Å². The van der Waals surface area contributed by atoms with Gasteiger partial charge in [-0.3, -0.25) is 0 Å². The van der Waals surface area contributed by atoms with Gasteiger partial charge in [0, 0.05) is 17.8 Å². The minimum Gasteiger partial charge on any atom is -0.478 e. The summed E-state index contributed by atoms with van der Waals surface area (Å²) in [7, 11) is 1.75. The number of nitrogens with one attached hydrogen (secondary N) is 2. The number of urea groups is 1. The van der Waals surface area contributed by atoms with Crippen LogP contribution < -0.4 is 10.6 Å². The minimum atomic E-state index is -1.12. The maximum absolute atomic E-state index is 11.7. The van der Waals surface area contributed by atoms with Crippen LogP contribution in [-0.2, 0) is 13.6 Å². The number of nitrogens with zero attached hydrogens (tertiary/aromatic N) is 3. The van der Waals surface area contributed by atoms with Crippen molar-refractivity contribution < 1.29 is 14.7 Å².